The van der Waals surface area contributed by atoms with Crippen molar-refractivity contribution in [3.8, 4) is 0 Å². The lowest BCUT2D eigenvalue weighted by Crippen LogP contribution is -2.40. The molecule has 2 heterocycles. The minimum Gasteiger partial charge on any atom is -0.449 e. The van der Waals surface area contributed by atoms with Gasteiger partial charge in [-0.25, -0.2) is 13.1 Å². The molecule has 1 amide bonds. The molecular formula is C21H30N2O4S. The maximum absolute atomic E-state index is 13.2. The Morgan fingerprint density at radius 3 is 2.25 bits per heavy atom. The summed E-state index contributed by atoms with van der Waals surface area (Å²) >= 11 is 0. The Balaban J connectivity index is 2.20. The normalized spacial score (nSPS) is 16.0. The second-order valence-electron chi connectivity index (χ2n) is 8.79. The molecule has 1 aliphatic rings. The molecule has 1 aromatic heterocycles. The number of nitrogens with zero attached hydrogens (tertiary/aromatic N) is 1. The Kier molecular flexibility index (Phi) is 5.36. The second-order valence-corrected chi connectivity index (χ2v) is 10.4. The molecule has 0 bridgehead atoms. The average molecular weight is 407 g/mol. The van der Waals surface area contributed by atoms with Crippen LogP contribution < -0.4 is 4.72 Å². The van der Waals surface area contributed by atoms with E-state index in [0.717, 1.165) is 24.8 Å². The van der Waals surface area contributed by atoms with Gasteiger partial charge in [0.15, 0.2) is 11.3 Å². The summed E-state index contributed by atoms with van der Waals surface area (Å²) < 4.78 is 35.0. The van der Waals surface area contributed by atoms with Gasteiger partial charge >= 0.3 is 0 Å². The summed E-state index contributed by atoms with van der Waals surface area (Å²) in [6.45, 7) is 12.3. The van der Waals surface area contributed by atoms with Crippen LogP contribution in [0.5, 0.6) is 0 Å². The van der Waals surface area contributed by atoms with Crippen LogP contribution in [0.4, 0.5) is 0 Å². The number of furan rings is 1. The Labute approximate surface area is 167 Å². The summed E-state index contributed by atoms with van der Waals surface area (Å²) in [5.41, 5.74) is 1.81. The molecule has 1 aromatic carbocycles. The first-order chi connectivity index (χ1) is 12.9. The lowest BCUT2D eigenvalue weighted by Gasteiger charge is -2.25. The number of benzene rings is 1. The lowest BCUT2D eigenvalue weighted by molar-refractivity contribution is 0.0693. The number of rotatable bonds is 3. The van der Waals surface area contributed by atoms with Crippen molar-refractivity contribution in [3.05, 3.63) is 28.5 Å². The molecule has 28 heavy (non-hydrogen) atoms. The molecular weight excluding hydrogens is 376 g/mol. The first kappa shape index (κ1) is 20.9. The molecule has 1 aliphatic heterocycles. The number of hydrogen-bond donors (Lipinski definition) is 1. The van der Waals surface area contributed by atoms with Crippen molar-refractivity contribution >= 4 is 26.9 Å². The van der Waals surface area contributed by atoms with E-state index < -0.39 is 15.6 Å². The summed E-state index contributed by atoms with van der Waals surface area (Å²) in [5, 5.41) is 0.678. The standard InChI is InChI=1S/C21H30N2O4S/c1-13-12-16-15(3)17(20(24)23-10-8-7-9-11-23)27-18(16)19(14(13)2)28(25,26)22-21(4,5)6/h12,22H,7-11H2,1-6H3. The molecule has 0 radical (unpaired) electrons. The lowest BCUT2D eigenvalue weighted by atomic mass is 10.0. The van der Waals surface area contributed by atoms with Crippen molar-refractivity contribution in [2.75, 3.05) is 13.1 Å². The molecule has 1 N–H and O–H groups in total. The predicted molar refractivity (Wildman–Crippen MR) is 110 cm³/mol. The van der Waals surface area contributed by atoms with Gasteiger partial charge in [0.1, 0.15) is 4.90 Å². The van der Waals surface area contributed by atoms with Gasteiger partial charge in [-0.05, 0) is 78.0 Å². The molecule has 7 heteroatoms. The predicted octanol–water partition coefficient (Wildman–Crippen LogP) is 4.06. The van der Waals surface area contributed by atoms with Crippen LogP contribution in [-0.4, -0.2) is 37.9 Å². The maximum Gasteiger partial charge on any atom is 0.289 e. The highest BCUT2D eigenvalue weighted by Crippen LogP contribution is 2.35. The highest BCUT2D eigenvalue weighted by atomic mass is 32.2. The van der Waals surface area contributed by atoms with Gasteiger partial charge in [0.25, 0.3) is 5.91 Å². The van der Waals surface area contributed by atoms with Gasteiger partial charge in [-0.2, -0.15) is 0 Å². The van der Waals surface area contributed by atoms with Gasteiger partial charge in [0.05, 0.1) is 0 Å². The highest BCUT2D eigenvalue weighted by Gasteiger charge is 2.31. The third kappa shape index (κ3) is 3.82. The van der Waals surface area contributed by atoms with Crippen LogP contribution in [0.25, 0.3) is 11.0 Å². The number of nitrogens with one attached hydrogen (secondary N) is 1. The van der Waals surface area contributed by atoms with Crippen LogP contribution in [0.2, 0.25) is 0 Å². The summed E-state index contributed by atoms with van der Waals surface area (Å²) in [7, 11) is -3.82. The van der Waals surface area contributed by atoms with Gasteiger partial charge in [0, 0.05) is 29.6 Å². The van der Waals surface area contributed by atoms with Crippen LogP contribution >= 0.6 is 0 Å². The van der Waals surface area contributed by atoms with Crippen LogP contribution in [-0.2, 0) is 10.0 Å². The molecule has 154 valence electrons. The van der Waals surface area contributed by atoms with Crippen molar-refractivity contribution in [2.24, 2.45) is 0 Å². The Morgan fingerprint density at radius 2 is 1.68 bits per heavy atom. The number of likely N-dealkylation sites (tertiary alicyclic amines) is 1. The van der Waals surface area contributed by atoms with Crippen molar-refractivity contribution in [1.29, 1.82) is 0 Å². The summed E-state index contributed by atoms with van der Waals surface area (Å²) in [6.07, 6.45) is 3.10. The maximum atomic E-state index is 13.2. The second kappa shape index (κ2) is 7.19. The van der Waals surface area contributed by atoms with E-state index in [2.05, 4.69) is 4.72 Å². The fourth-order valence-corrected chi connectivity index (χ4v) is 5.63. The van der Waals surface area contributed by atoms with E-state index in [1.807, 2.05) is 19.9 Å². The SMILES string of the molecule is Cc1cc2c(C)c(C(=O)N3CCCCC3)oc2c(S(=O)(=O)NC(C)(C)C)c1C. The Morgan fingerprint density at radius 1 is 1.07 bits per heavy atom. The summed E-state index contributed by atoms with van der Waals surface area (Å²) in [6, 6.07) is 1.91. The van der Waals surface area contributed by atoms with E-state index in [1.54, 1.807) is 32.6 Å². The Hall–Kier alpha value is -1.86. The van der Waals surface area contributed by atoms with Crippen molar-refractivity contribution in [3.63, 3.8) is 0 Å². The third-order valence-corrected chi connectivity index (χ3v) is 7.15. The number of carbonyl (C=O) groups is 1. The third-order valence-electron chi connectivity index (χ3n) is 5.24. The Bertz CT molecular complexity index is 1020. The fraction of sp³-hybridized carbons (Fsp3) is 0.571. The van der Waals surface area contributed by atoms with E-state index in [4.69, 9.17) is 4.42 Å². The first-order valence-corrected chi connectivity index (χ1v) is 11.3. The van der Waals surface area contributed by atoms with Crippen molar-refractivity contribution < 1.29 is 17.6 Å². The van der Waals surface area contributed by atoms with E-state index in [0.29, 0.717) is 29.6 Å². The molecule has 1 saturated heterocycles. The first-order valence-electron chi connectivity index (χ1n) is 9.79. The smallest absolute Gasteiger partial charge is 0.289 e. The van der Waals surface area contributed by atoms with E-state index in [1.165, 1.54) is 0 Å². The molecule has 0 saturated carbocycles. The van der Waals surface area contributed by atoms with E-state index >= 15 is 0 Å². The molecule has 0 spiro atoms. The minimum absolute atomic E-state index is 0.123. The zero-order valence-electron chi connectivity index (χ0n) is 17.6. The molecule has 2 aromatic rings. The number of hydrogen-bond acceptors (Lipinski definition) is 4. The molecule has 3 rings (SSSR count). The van der Waals surface area contributed by atoms with Gasteiger partial charge < -0.3 is 9.32 Å². The zero-order chi connectivity index (χ0) is 20.9. The number of piperidine rings is 1. The number of sulfonamides is 1. The molecule has 0 aliphatic carbocycles. The average Bonchev–Trinajstić information content (AvgIpc) is 2.90. The zero-order valence-corrected chi connectivity index (χ0v) is 18.4. The van der Waals surface area contributed by atoms with E-state index in [9.17, 15) is 13.2 Å². The molecule has 6 nitrogen and oxygen atoms in total. The van der Waals surface area contributed by atoms with Gasteiger partial charge in [0.2, 0.25) is 10.0 Å². The molecule has 0 atom stereocenters. The van der Waals surface area contributed by atoms with E-state index in [-0.39, 0.29) is 22.1 Å². The van der Waals surface area contributed by atoms with Gasteiger partial charge in [-0.1, -0.05) is 0 Å². The summed E-state index contributed by atoms with van der Waals surface area (Å²) in [5.74, 6) is 0.0879. The minimum atomic E-state index is -3.82. The van der Waals surface area contributed by atoms with Crippen molar-refractivity contribution in [2.45, 2.75) is 71.2 Å². The summed E-state index contributed by atoms with van der Waals surface area (Å²) in [4.78, 5) is 14.9. The number of fused-ring (bicyclic) bond motifs is 1. The molecule has 1 fully saturated rings. The number of carbonyl (C=O) groups excluding carboxylic acids is 1. The van der Waals surface area contributed by atoms with Gasteiger partial charge in [-0.3, -0.25) is 4.79 Å². The van der Waals surface area contributed by atoms with Crippen LogP contribution in [0.3, 0.4) is 0 Å². The molecule has 0 unspecified atom stereocenters. The van der Waals surface area contributed by atoms with Crippen LogP contribution in [0.15, 0.2) is 15.4 Å². The number of amides is 1. The number of aryl methyl sites for hydroxylation is 2. The highest BCUT2D eigenvalue weighted by molar-refractivity contribution is 7.89. The van der Waals surface area contributed by atoms with Gasteiger partial charge in [-0.15, -0.1) is 0 Å². The largest absolute Gasteiger partial charge is 0.449 e. The van der Waals surface area contributed by atoms with Crippen molar-refractivity contribution in [1.82, 2.24) is 9.62 Å². The van der Waals surface area contributed by atoms with Crippen LogP contribution in [0, 0.1) is 20.8 Å². The van der Waals surface area contributed by atoms with Crippen LogP contribution in [0.1, 0.15) is 67.3 Å². The quantitative estimate of drug-likeness (QED) is 0.834. The fourth-order valence-electron chi connectivity index (χ4n) is 3.77. The topological polar surface area (TPSA) is 79.6 Å². The monoisotopic (exact) mass is 406 g/mol.